The predicted octanol–water partition coefficient (Wildman–Crippen LogP) is 4.69. The van der Waals surface area contributed by atoms with Crippen molar-refractivity contribution in [3.63, 3.8) is 0 Å². The van der Waals surface area contributed by atoms with E-state index < -0.39 is 23.7 Å². The fourth-order valence-electron chi connectivity index (χ4n) is 4.55. The van der Waals surface area contributed by atoms with Gasteiger partial charge in [-0.25, -0.2) is 0 Å². The summed E-state index contributed by atoms with van der Waals surface area (Å²) in [5, 5.41) is 19.0. The molecule has 0 bridgehead atoms. The van der Waals surface area contributed by atoms with Crippen molar-refractivity contribution in [3.8, 4) is 17.2 Å². The number of amides is 1. The lowest BCUT2D eigenvalue weighted by Crippen LogP contribution is -2.26. The van der Waals surface area contributed by atoms with Gasteiger partial charge in [-0.1, -0.05) is 36.4 Å². The largest absolute Gasteiger partial charge is 0.416 e. The lowest BCUT2D eigenvalue weighted by molar-refractivity contribution is -0.137. The molecule has 1 amide bonds. The second-order valence-corrected chi connectivity index (χ2v) is 9.01. The number of alkyl halides is 3. The van der Waals surface area contributed by atoms with Gasteiger partial charge >= 0.3 is 6.18 Å². The monoisotopic (exact) mass is 530 g/mol. The first-order chi connectivity index (χ1) is 18.6. The third-order valence-electron chi connectivity index (χ3n) is 6.45. The number of benzene rings is 3. The molecular weight excluding hydrogens is 509 g/mol. The zero-order chi connectivity index (χ0) is 27.7. The van der Waals surface area contributed by atoms with Crippen LogP contribution in [0.5, 0.6) is 0 Å². The first-order valence-corrected chi connectivity index (χ1v) is 11.8. The number of fused-ring (bicyclic) bond motifs is 1. The lowest BCUT2D eigenvalue weighted by atomic mass is 9.97. The molecule has 2 heterocycles. The number of hydrogen-bond acceptors (Lipinski definition) is 6. The molecule has 1 aliphatic heterocycles. The first-order valence-electron chi connectivity index (χ1n) is 11.8. The van der Waals surface area contributed by atoms with Crippen molar-refractivity contribution < 1.29 is 22.8 Å². The van der Waals surface area contributed by atoms with E-state index in [-0.39, 0.29) is 23.7 Å². The molecule has 196 valence electrons. The maximum Gasteiger partial charge on any atom is 0.416 e. The van der Waals surface area contributed by atoms with Crippen LogP contribution in [-0.4, -0.2) is 21.5 Å². The molecule has 8 nitrogen and oxygen atoms in total. The average molecular weight is 531 g/mol. The molecule has 4 N–H and O–H groups in total. The topological polar surface area (TPSA) is 126 Å². The van der Waals surface area contributed by atoms with E-state index in [1.54, 1.807) is 42.5 Å². The van der Waals surface area contributed by atoms with Crippen molar-refractivity contribution in [2.24, 2.45) is 0 Å². The van der Waals surface area contributed by atoms with Crippen molar-refractivity contribution in [3.05, 3.63) is 101 Å². The molecule has 4 aromatic rings. The van der Waals surface area contributed by atoms with Gasteiger partial charge in [0.05, 0.1) is 11.6 Å². The van der Waals surface area contributed by atoms with E-state index in [0.29, 0.717) is 28.9 Å². The Kier molecular flexibility index (Phi) is 6.64. The second kappa shape index (κ2) is 10.1. The summed E-state index contributed by atoms with van der Waals surface area (Å²) in [5.74, 6) is -0.526. The van der Waals surface area contributed by atoms with Crippen LogP contribution in [-0.2, 0) is 24.1 Å². The Bertz CT molecular complexity index is 1620. The van der Waals surface area contributed by atoms with Crippen molar-refractivity contribution in [1.82, 2.24) is 15.1 Å². The highest BCUT2D eigenvalue weighted by Crippen LogP contribution is 2.33. The quantitative estimate of drug-likeness (QED) is 0.332. The number of anilines is 2. The smallest absolute Gasteiger partial charge is 0.381 e. The van der Waals surface area contributed by atoms with Crippen LogP contribution in [0, 0.1) is 11.3 Å². The molecule has 0 spiro atoms. The average Bonchev–Trinajstić information content (AvgIpc) is 3.50. The van der Waals surface area contributed by atoms with E-state index in [0.717, 1.165) is 23.3 Å². The molecule has 39 heavy (non-hydrogen) atoms. The highest BCUT2D eigenvalue weighted by Gasteiger charge is 2.31. The van der Waals surface area contributed by atoms with Gasteiger partial charge in [0.2, 0.25) is 0 Å². The Balaban J connectivity index is 1.31. The fourth-order valence-corrected chi connectivity index (χ4v) is 4.55. The highest BCUT2D eigenvalue weighted by atomic mass is 19.4. The normalized spacial score (nSPS) is 14.5. The zero-order valence-electron chi connectivity index (χ0n) is 20.3. The van der Waals surface area contributed by atoms with Crippen LogP contribution >= 0.6 is 0 Å². The summed E-state index contributed by atoms with van der Waals surface area (Å²) in [4.78, 5) is 26.1. The summed E-state index contributed by atoms with van der Waals surface area (Å²) in [6.07, 6.45) is -3.03. The Morgan fingerprint density at radius 2 is 1.87 bits per heavy atom. The van der Waals surface area contributed by atoms with Crippen molar-refractivity contribution in [1.29, 1.82) is 5.26 Å². The molecule has 0 saturated carbocycles. The fraction of sp³-hybridized carbons (Fsp3) is 0.143. The number of nitrogens with two attached hydrogens (primary N) is 1. The maximum atomic E-state index is 13.2. The number of rotatable bonds is 6. The number of aromatic nitrogens is 2. The number of nitrogen functional groups attached to an aromatic ring is 1. The third kappa shape index (κ3) is 5.23. The molecule has 1 atom stereocenters. The van der Waals surface area contributed by atoms with Crippen LogP contribution in [0.25, 0.3) is 11.1 Å². The standard InChI is InChI=1S/C28H21F3N6O2/c29-28(30,31)19-7-5-16(6-8-19)21-3-1-2-4-23(21)27(39)35-20-9-10-22-17(11-20)13-34-25(22)24(38)15-37-14-18(12-32)26(33)36-37/h1-11,14,25,34H,13,15H2,(H2,33,36)(H,35,39). The van der Waals surface area contributed by atoms with Crippen LogP contribution < -0.4 is 16.4 Å². The van der Waals surface area contributed by atoms with Crippen molar-refractivity contribution >= 4 is 23.2 Å². The number of nitriles is 1. The molecule has 0 saturated heterocycles. The van der Waals surface area contributed by atoms with E-state index in [9.17, 15) is 22.8 Å². The minimum atomic E-state index is -4.45. The number of Topliss-reactive ketones (excluding diaryl/α,β-unsaturated/α-hetero) is 1. The number of hydrogen-bond donors (Lipinski definition) is 3. The van der Waals surface area contributed by atoms with Gasteiger partial charge < -0.3 is 11.1 Å². The summed E-state index contributed by atoms with van der Waals surface area (Å²) in [6, 6.07) is 17.9. The number of carbonyl (C=O) groups excluding carboxylic acids is 2. The Morgan fingerprint density at radius 3 is 2.56 bits per heavy atom. The van der Waals surface area contributed by atoms with Crippen LogP contribution in [0.2, 0.25) is 0 Å². The van der Waals surface area contributed by atoms with E-state index in [4.69, 9.17) is 11.0 Å². The van der Waals surface area contributed by atoms with Gasteiger partial charge in [0.15, 0.2) is 11.6 Å². The van der Waals surface area contributed by atoms with Gasteiger partial charge in [-0.2, -0.15) is 23.5 Å². The molecule has 1 aliphatic rings. The Hall–Kier alpha value is -4.95. The predicted molar refractivity (Wildman–Crippen MR) is 137 cm³/mol. The minimum Gasteiger partial charge on any atom is -0.381 e. The molecule has 3 aromatic carbocycles. The van der Waals surface area contributed by atoms with Crippen LogP contribution in [0.15, 0.2) is 72.9 Å². The third-order valence-corrected chi connectivity index (χ3v) is 6.45. The Morgan fingerprint density at radius 1 is 1.13 bits per heavy atom. The summed E-state index contributed by atoms with van der Waals surface area (Å²) in [7, 11) is 0. The molecule has 1 aromatic heterocycles. The van der Waals surface area contributed by atoms with E-state index >= 15 is 0 Å². The van der Waals surface area contributed by atoms with Gasteiger partial charge in [0.1, 0.15) is 18.2 Å². The summed E-state index contributed by atoms with van der Waals surface area (Å²) < 4.78 is 40.2. The van der Waals surface area contributed by atoms with E-state index in [1.807, 2.05) is 6.07 Å². The molecule has 1 unspecified atom stereocenters. The molecule has 0 radical (unpaired) electrons. The van der Waals surface area contributed by atoms with Gasteiger partial charge in [-0.15, -0.1) is 0 Å². The summed E-state index contributed by atoms with van der Waals surface area (Å²) in [6.45, 7) is 0.338. The molecular formula is C28H21F3N6O2. The number of ketones is 1. The van der Waals surface area contributed by atoms with Gasteiger partial charge in [0, 0.05) is 24.0 Å². The van der Waals surface area contributed by atoms with E-state index in [1.165, 1.54) is 23.0 Å². The number of nitrogens with zero attached hydrogens (tertiary/aromatic N) is 3. The number of nitrogens with one attached hydrogen (secondary N) is 2. The van der Waals surface area contributed by atoms with Crippen LogP contribution in [0.4, 0.5) is 24.7 Å². The van der Waals surface area contributed by atoms with Crippen molar-refractivity contribution in [2.45, 2.75) is 25.3 Å². The van der Waals surface area contributed by atoms with Crippen molar-refractivity contribution in [2.75, 3.05) is 11.1 Å². The zero-order valence-corrected chi connectivity index (χ0v) is 20.3. The maximum absolute atomic E-state index is 13.2. The van der Waals surface area contributed by atoms with Crippen LogP contribution in [0.1, 0.15) is 38.7 Å². The summed E-state index contributed by atoms with van der Waals surface area (Å²) >= 11 is 0. The second-order valence-electron chi connectivity index (χ2n) is 9.01. The highest BCUT2D eigenvalue weighted by molar-refractivity contribution is 6.08. The van der Waals surface area contributed by atoms with Gasteiger partial charge in [-0.3, -0.25) is 19.6 Å². The summed E-state index contributed by atoms with van der Waals surface area (Å²) in [5.41, 5.74) is 8.48. The molecule has 5 rings (SSSR count). The van der Waals surface area contributed by atoms with Gasteiger partial charge in [0.25, 0.3) is 5.91 Å². The van der Waals surface area contributed by atoms with Gasteiger partial charge in [-0.05, 0) is 52.6 Å². The SMILES string of the molecule is N#Cc1cn(CC(=O)C2NCc3cc(NC(=O)c4ccccc4-c4ccc(C(F)(F)F)cc4)ccc32)nc1N. The van der Waals surface area contributed by atoms with Crippen LogP contribution in [0.3, 0.4) is 0 Å². The molecule has 0 aliphatic carbocycles. The lowest BCUT2D eigenvalue weighted by Gasteiger charge is -2.13. The number of halogens is 3. The minimum absolute atomic E-state index is 0.0605. The van der Waals surface area contributed by atoms with E-state index in [2.05, 4.69) is 15.7 Å². The first kappa shape index (κ1) is 25.7. The number of carbonyl (C=O) groups is 2. The molecule has 0 fully saturated rings. The Labute approximate surface area is 220 Å². The molecule has 11 heteroatoms.